The molecule has 0 aromatic heterocycles. The maximum absolute atomic E-state index is 10.8. The van der Waals surface area contributed by atoms with Gasteiger partial charge in [-0.15, -0.1) is 0 Å². The predicted octanol–water partition coefficient (Wildman–Crippen LogP) is 0.405. The lowest BCUT2D eigenvalue weighted by atomic mass is 9.95. The van der Waals surface area contributed by atoms with E-state index in [1.807, 2.05) is 7.05 Å². The molecule has 1 rings (SSSR count). The smallest absolute Gasteiger partial charge is 0.267 e. The third-order valence-electron chi connectivity index (χ3n) is 2.46. The summed E-state index contributed by atoms with van der Waals surface area (Å²) >= 11 is 0. The summed E-state index contributed by atoms with van der Waals surface area (Å²) in [7, 11) is -1.99. The summed E-state index contributed by atoms with van der Waals surface area (Å²) < 4.78 is 30.4. The second-order valence-corrected chi connectivity index (χ2v) is 4.99. The quantitative estimate of drug-likeness (QED) is 0.623. The minimum Gasteiger partial charge on any atom is -0.317 e. The van der Waals surface area contributed by atoms with E-state index in [0.29, 0.717) is 12.8 Å². The van der Waals surface area contributed by atoms with Crippen LogP contribution in [-0.4, -0.2) is 31.3 Å². The van der Waals surface area contributed by atoms with Gasteiger partial charge in [0.15, 0.2) is 0 Å². The van der Waals surface area contributed by atoms with Crippen molar-refractivity contribution in [2.45, 2.75) is 37.0 Å². The van der Waals surface area contributed by atoms with Gasteiger partial charge in [-0.3, -0.25) is 4.55 Å². The number of nitrogens with one attached hydrogen (secondary N) is 1. The van der Waals surface area contributed by atoms with Crippen LogP contribution in [-0.2, 0) is 10.1 Å². The summed E-state index contributed by atoms with van der Waals surface area (Å²) in [5.74, 6) is 0. The zero-order chi connectivity index (χ0) is 9.19. The molecule has 0 heterocycles. The fourth-order valence-corrected chi connectivity index (χ4v) is 2.62. The molecule has 2 unspecified atom stereocenters. The molecule has 1 aliphatic rings. The fourth-order valence-electron chi connectivity index (χ4n) is 1.68. The van der Waals surface area contributed by atoms with E-state index in [9.17, 15) is 8.42 Å². The summed E-state index contributed by atoms with van der Waals surface area (Å²) in [6.07, 6.45) is 3.00. The lowest BCUT2D eigenvalue weighted by Gasteiger charge is -2.26. The van der Waals surface area contributed by atoms with E-state index in [1.165, 1.54) is 0 Å². The third kappa shape index (κ3) is 2.43. The number of hydrogen-bond acceptors (Lipinski definition) is 3. The molecule has 4 nitrogen and oxygen atoms in total. The molecule has 1 saturated carbocycles. The van der Waals surface area contributed by atoms with Gasteiger partial charge < -0.3 is 5.32 Å². The van der Waals surface area contributed by atoms with Crippen molar-refractivity contribution in [3.8, 4) is 0 Å². The molecule has 2 N–H and O–H groups in total. The molecule has 0 aliphatic heterocycles. The van der Waals surface area contributed by atoms with E-state index in [2.05, 4.69) is 5.32 Å². The Balaban J connectivity index is 2.58. The SMILES string of the molecule is CNC1CCCC(S(=O)(=O)O)C1. The summed E-state index contributed by atoms with van der Waals surface area (Å²) in [5.41, 5.74) is 0. The second kappa shape index (κ2) is 3.72. The Kier molecular flexibility index (Phi) is 3.09. The van der Waals surface area contributed by atoms with E-state index >= 15 is 0 Å². The standard InChI is InChI=1S/C7H15NO3S/c1-8-6-3-2-4-7(5-6)12(9,10)11/h6-8H,2-5H2,1H3,(H,9,10,11). The normalized spacial score (nSPS) is 31.8. The molecule has 2 atom stereocenters. The first-order chi connectivity index (χ1) is 5.54. The Bertz CT molecular complexity index is 237. The highest BCUT2D eigenvalue weighted by Crippen LogP contribution is 2.23. The second-order valence-electron chi connectivity index (χ2n) is 3.29. The molecule has 5 heteroatoms. The Hall–Kier alpha value is -0.130. The average molecular weight is 193 g/mol. The van der Waals surface area contributed by atoms with Gasteiger partial charge in [-0.25, -0.2) is 0 Å². The van der Waals surface area contributed by atoms with Crippen molar-refractivity contribution in [2.24, 2.45) is 0 Å². The Morgan fingerprint density at radius 3 is 2.58 bits per heavy atom. The molecule has 1 fully saturated rings. The molecule has 0 radical (unpaired) electrons. The maximum Gasteiger partial charge on any atom is 0.267 e. The van der Waals surface area contributed by atoms with Crippen LogP contribution in [0.1, 0.15) is 25.7 Å². The first kappa shape index (κ1) is 9.95. The van der Waals surface area contributed by atoms with Crippen LogP contribution >= 0.6 is 0 Å². The highest BCUT2D eigenvalue weighted by Gasteiger charge is 2.29. The number of hydrogen-bond donors (Lipinski definition) is 2. The molecule has 0 amide bonds. The molecule has 0 bridgehead atoms. The van der Waals surface area contributed by atoms with Gasteiger partial charge in [-0.1, -0.05) is 6.42 Å². The highest BCUT2D eigenvalue weighted by atomic mass is 32.2. The Morgan fingerprint density at radius 1 is 1.42 bits per heavy atom. The van der Waals surface area contributed by atoms with Gasteiger partial charge in [0.25, 0.3) is 10.1 Å². The predicted molar refractivity (Wildman–Crippen MR) is 46.7 cm³/mol. The number of rotatable bonds is 2. The molecule has 12 heavy (non-hydrogen) atoms. The molecule has 0 saturated heterocycles. The molecule has 1 aliphatic carbocycles. The monoisotopic (exact) mass is 193 g/mol. The van der Waals surface area contributed by atoms with Gasteiger partial charge in [0, 0.05) is 6.04 Å². The lowest BCUT2D eigenvalue weighted by molar-refractivity contribution is 0.370. The van der Waals surface area contributed by atoms with Crippen molar-refractivity contribution < 1.29 is 13.0 Å². The van der Waals surface area contributed by atoms with Crippen LogP contribution in [0.15, 0.2) is 0 Å². The molecule has 72 valence electrons. The van der Waals surface area contributed by atoms with Crippen LogP contribution in [0.5, 0.6) is 0 Å². The first-order valence-electron chi connectivity index (χ1n) is 4.17. The van der Waals surface area contributed by atoms with Crippen LogP contribution in [0.25, 0.3) is 0 Å². The fraction of sp³-hybridized carbons (Fsp3) is 1.00. The van der Waals surface area contributed by atoms with Crippen molar-refractivity contribution in [1.82, 2.24) is 5.32 Å². The van der Waals surface area contributed by atoms with E-state index < -0.39 is 15.4 Å². The van der Waals surface area contributed by atoms with Crippen molar-refractivity contribution in [2.75, 3.05) is 7.05 Å². The van der Waals surface area contributed by atoms with Gasteiger partial charge in [-0.2, -0.15) is 8.42 Å². The Morgan fingerprint density at radius 2 is 2.08 bits per heavy atom. The van der Waals surface area contributed by atoms with Gasteiger partial charge in [0.2, 0.25) is 0 Å². The van der Waals surface area contributed by atoms with Crippen LogP contribution in [0, 0.1) is 0 Å². The highest BCUT2D eigenvalue weighted by molar-refractivity contribution is 7.86. The zero-order valence-corrected chi connectivity index (χ0v) is 7.97. The molecular formula is C7H15NO3S. The van der Waals surface area contributed by atoms with Gasteiger partial charge >= 0.3 is 0 Å². The summed E-state index contributed by atoms with van der Waals surface area (Å²) in [4.78, 5) is 0. The molecule has 0 aromatic carbocycles. The van der Waals surface area contributed by atoms with Gasteiger partial charge in [-0.05, 0) is 26.3 Å². The molecule has 0 aromatic rings. The van der Waals surface area contributed by atoms with Crippen molar-refractivity contribution in [3.05, 3.63) is 0 Å². The summed E-state index contributed by atoms with van der Waals surface area (Å²) in [6.45, 7) is 0. The minimum absolute atomic E-state index is 0.241. The zero-order valence-electron chi connectivity index (χ0n) is 7.16. The summed E-state index contributed by atoms with van der Waals surface area (Å²) in [6, 6.07) is 0.241. The molecular weight excluding hydrogens is 178 g/mol. The topological polar surface area (TPSA) is 66.4 Å². The van der Waals surface area contributed by atoms with E-state index in [1.54, 1.807) is 0 Å². The van der Waals surface area contributed by atoms with Crippen LogP contribution in [0.4, 0.5) is 0 Å². The van der Waals surface area contributed by atoms with Crippen LogP contribution < -0.4 is 5.32 Å². The van der Waals surface area contributed by atoms with E-state index in [0.717, 1.165) is 12.8 Å². The Labute approximate surface area is 73.1 Å². The third-order valence-corrected chi connectivity index (χ3v) is 3.73. The minimum atomic E-state index is -3.81. The van der Waals surface area contributed by atoms with Gasteiger partial charge in [0.1, 0.15) is 0 Å². The maximum atomic E-state index is 10.8. The lowest BCUT2D eigenvalue weighted by Crippen LogP contribution is -2.37. The summed E-state index contributed by atoms with van der Waals surface area (Å²) in [5, 5.41) is 2.48. The average Bonchev–Trinajstić information content (AvgIpc) is 2.03. The van der Waals surface area contributed by atoms with E-state index in [-0.39, 0.29) is 6.04 Å². The molecule has 0 spiro atoms. The van der Waals surface area contributed by atoms with E-state index in [4.69, 9.17) is 4.55 Å². The van der Waals surface area contributed by atoms with Crippen molar-refractivity contribution in [3.63, 3.8) is 0 Å². The van der Waals surface area contributed by atoms with Crippen LogP contribution in [0.3, 0.4) is 0 Å². The first-order valence-corrected chi connectivity index (χ1v) is 5.68. The van der Waals surface area contributed by atoms with Crippen molar-refractivity contribution in [1.29, 1.82) is 0 Å². The van der Waals surface area contributed by atoms with Crippen molar-refractivity contribution >= 4 is 10.1 Å². The van der Waals surface area contributed by atoms with Crippen LogP contribution in [0.2, 0.25) is 0 Å². The van der Waals surface area contributed by atoms with Gasteiger partial charge in [0.05, 0.1) is 5.25 Å². The largest absolute Gasteiger partial charge is 0.317 e.